The summed E-state index contributed by atoms with van der Waals surface area (Å²) in [5, 5.41) is 0. The van der Waals surface area contributed by atoms with Crippen molar-refractivity contribution in [1.82, 2.24) is 0 Å². The van der Waals surface area contributed by atoms with Crippen molar-refractivity contribution in [3.8, 4) is 10.4 Å². The van der Waals surface area contributed by atoms with Gasteiger partial charge in [0.2, 0.25) is 6.29 Å². The Morgan fingerprint density at radius 1 is 1.07 bits per heavy atom. The minimum Gasteiger partial charge on any atom is -0.284 e. The topological polar surface area (TPSA) is 17.1 Å². The molecule has 1 heterocycles. The molecule has 1 nitrogen and oxygen atoms in total. The van der Waals surface area contributed by atoms with Gasteiger partial charge in [0, 0.05) is 4.88 Å². The molecule has 0 atom stereocenters. The van der Waals surface area contributed by atoms with E-state index in [0.29, 0.717) is 4.88 Å². The second kappa shape index (κ2) is 3.72. The zero-order valence-corrected chi connectivity index (χ0v) is 7.98. The summed E-state index contributed by atoms with van der Waals surface area (Å²) in [5.74, 6) is -0.257. The highest BCUT2D eigenvalue weighted by Crippen LogP contribution is 2.27. The molecule has 2 aromatic rings. The third-order valence-electron chi connectivity index (χ3n) is 1.84. The van der Waals surface area contributed by atoms with Gasteiger partial charge in [-0.15, -0.1) is 11.3 Å². The molecule has 0 bridgehead atoms. The van der Waals surface area contributed by atoms with Gasteiger partial charge in [-0.1, -0.05) is 12.1 Å². The Morgan fingerprint density at radius 3 is 2.36 bits per heavy atom. The molecule has 0 unspecified atom stereocenters. The van der Waals surface area contributed by atoms with Gasteiger partial charge in [-0.2, -0.15) is 0 Å². The lowest BCUT2D eigenvalue weighted by molar-refractivity contribution is 0.563. The Hall–Kier alpha value is -1.48. The smallest absolute Gasteiger partial charge is 0.244 e. The molecule has 0 spiro atoms. The van der Waals surface area contributed by atoms with Crippen LogP contribution in [-0.2, 0) is 4.79 Å². The lowest BCUT2D eigenvalue weighted by Gasteiger charge is -1.95. The van der Waals surface area contributed by atoms with E-state index in [4.69, 9.17) is 0 Å². The van der Waals surface area contributed by atoms with Gasteiger partial charge in [0.1, 0.15) is 5.82 Å². The monoisotopic (exact) mass is 205 g/mol. The third kappa shape index (κ3) is 1.72. The maximum absolute atomic E-state index is 12.6. The number of hydrogen-bond donors (Lipinski definition) is 0. The van der Waals surface area contributed by atoms with Crippen molar-refractivity contribution in [3.05, 3.63) is 47.1 Å². The van der Waals surface area contributed by atoms with Crippen LogP contribution in [0.1, 0.15) is 4.88 Å². The summed E-state index contributed by atoms with van der Waals surface area (Å²) in [4.78, 5) is 11.8. The van der Waals surface area contributed by atoms with Gasteiger partial charge in [-0.3, -0.25) is 4.79 Å². The molecule has 0 N–H and O–H groups in total. The van der Waals surface area contributed by atoms with Crippen LogP contribution in [0.15, 0.2) is 36.4 Å². The minimum absolute atomic E-state index is 0.257. The van der Waals surface area contributed by atoms with Crippen molar-refractivity contribution in [1.29, 1.82) is 0 Å². The van der Waals surface area contributed by atoms with Crippen LogP contribution in [0.3, 0.4) is 0 Å². The van der Waals surface area contributed by atoms with Crippen LogP contribution in [0.4, 0.5) is 4.39 Å². The maximum atomic E-state index is 12.6. The molecule has 14 heavy (non-hydrogen) atoms. The zero-order valence-electron chi connectivity index (χ0n) is 7.16. The Labute approximate surface area is 84.8 Å². The second-order valence-corrected chi connectivity index (χ2v) is 3.86. The Kier molecular flexibility index (Phi) is 2.41. The average Bonchev–Trinajstić information content (AvgIpc) is 2.67. The van der Waals surface area contributed by atoms with Crippen LogP contribution < -0.4 is 0 Å². The van der Waals surface area contributed by atoms with E-state index >= 15 is 0 Å². The van der Waals surface area contributed by atoms with Gasteiger partial charge >= 0.3 is 0 Å². The standard InChI is InChI=1S/C11H6FOS/c12-9-3-1-8(2-4-9)11-6-5-10(7-13)14-11/h1-6H. The Bertz CT molecular complexity index is 445. The van der Waals surface area contributed by atoms with Crippen LogP contribution in [0.5, 0.6) is 0 Å². The van der Waals surface area contributed by atoms with Crippen molar-refractivity contribution in [2.75, 3.05) is 0 Å². The van der Waals surface area contributed by atoms with E-state index in [1.54, 1.807) is 18.2 Å². The Morgan fingerprint density at radius 2 is 1.79 bits per heavy atom. The number of benzene rings is 1. The molecule has 1 aromatic heterocycles. The highest BCUT2D eigenvalue weighted by atomic mass is 32.1. The average molecular weight is 205 g/mol. The molecule has 69 valence electrons. The van der Waals surface area contributed by atoms with E-state index in [1.807, 2.05) is 12.4 Å². The summed E-state index contributed by atoms with van der Waals surface area (Å²) < 4.78 is 12.6. The summed E-state index contributed by atoms with van der Waals surface area (Å²) in [6.07, 6.45) is 1.82. The van der Waals surface area contributed by atoms with E-state index in [-0.39, 0.29) is 5.82 Å². The highest BCUT2D eigenvalue weighted by Gasteiger charge is 2.02. The first-order valence-electron chi connectivity index (χ1n) is 4.03. The van der Waals surface area contributed by atoms with Crippen LogP contribution in [0.2, 0.25) is 0 Å². The van der Waals surface area contributed by atoms with Gasteiger partial charge in [-0.05, 0) is 29.8 Å². The van der Waals surface area contributed by atoms with Gasteiger partial charge in [-0.25, -0.2) is 4.39 Å². The predicted molar refractivity (Wildman–Crippen MR) is 54.5 cm³/mol. The number of thiophene rings is 1. The molecule has 2 rings (SSSR count). The second-order valence-electron chi connectivity index (χ2n) is 2.77. The molecule has 1 aromatic carbocycles. The predicted octanol–water partition coefficient (Wildman–Crippen LogP) is 3.01. The number of halogens is 1. The van der Waals surface area contributed by atoms with Crippen LogP contribution in [-0.4, -0.2) is 6.29 Å². The van der Waals surface area contributed by atoms with E-state index in [9.17, 15) is 9.18 Å². The molecular weight excluding hydrogens is 199 g/mol. The van der Waals surface area contributed by atoms with Crippen LogP contribution >= 0.6 is 11.3 Å². The van der Waals surface area contributed by atoms with Crippen LogP contribution in [0.25, 0.3) is 10.4 Å². The first-order chi connectivity index (χ1) is 6.79. The fraction of sp³-hybridized carbons (Fsp3) is 0. The fourth-order valence-electron chi connectivity index (χ4n) is 1.16. The lowest BCUT2D eigenvalue weighted by atomic mass is 10.2. The molecular formula is C11H6FOS. The normalized spacial score (nSPS) is 10.1. The van der Waals surface area contributed by atoms with Crippen LogP contribution in [0, 0.1) is 5.82 Å². The van der Waals surface area contributed by atoms with Gasteiger partial charge in [0.15, 0.2) is 0 Å². The SMILES string of the molecule is O=[C]c1ccc(-c2ccc(F)cc2)s1. The molecule has 1 radical (unpaired) electrons. The van der Waals surface area contributed by atoms with Crippen molar-refractivity contribution in [3.63, 3.8) is 0 Å². The summed E-state index contributed by atoms with van der Waals surface area (Å²) in [5.41, 5.74) is 0.915. The van der Waals surface area contributed by atoms with Crippen molar-refractivity contribution in [2.24, 2.45) is 0 Å². The molecule has 0 saturated carbocycles. The van der Waals surface area contributed by atoms with E-state index in [1.165, 1.54) is 23.5 Å². The summed E-state index contributed by atoms with van der Waals surface area (Å²) in [6.45, 7) is 0. The summed E-state index contributed by atoms with van der Waals surface area (Å²) >= 11 is 1.35. The first kappa shape index (κ1) is 9.09. The van der Waals surface area contributed by atoms with E-state index < -0.39 is 0 Å². The largest absolute Gasteiger partial charge is 0.284 e. The molecule has 0 amide bonds. The molecule has 3 heteroatoms. The lowest BCUT2D eigenvalue weighted by Crippen LogP contribution is -1.73. The summed E-state index contributed by atoms with van der Waals surface area (Å²) in [6, 6.07) is 9.72. The fourth-order valence-corrected chi connectivity index (χ4v) is 1.97. The van der Waals surface area contributed by atoms with E-state index in [0.717, 1.165) is 10.4 Å². The van der Waals surface area contributed by atoms with Crippen molar-refractivity contribution in [2.45, 2.75) is 0 Å². The molecule has 0 aliphatic carbocycles. The molecule has 0 aliphatic rings. The quantitative estimate of drug-likeness (QED) is 0.736. The number of hydrogen-bond acceptors (Lipinski definition) is 2. The minimum atomic E-state index is -0.257. The van der Waals surface area contributed by atoms with Gasteiger partial charge in [0.05, 0.1) is 4.88 Å². The van der Waals surface area contributed by atoms with Gasteiger partial charge < -0.3 is 0 Å². The number of carbonyl (C=O) groups excluding carboxylic acids is 1. The number of rotatable bonds is 2. The molecule has 0 saturated heterocycles. The van der Waals surface area contributed by atoms with Crippen molar-refractivity contribution >= 4 is 17.6 Å². The van der Waals surface area contributed by atoms with Gasteiger partial charge in [0.25, 0.3) is 0 Å². The molecule has 0 fully saturated rings. The molecule has 0 aliphatic heterocycles. The third-order valence-corrected chi connectivity index (χ3v) is 2.87. The summed E-state index contributed by atoms with van der Waals surface area (Å²) in [7, 11) is 0. The first-order valence-corrected chi connectivity index (χ1v) is 4.85. The maximum Gasteiger partial charge on any atom is 0.244 e. The highest BCUT2D eigenvalue weighted by molar-refractivity contribution is 7.17. The zero-order chi connectivity index (χ0) is 9.97. The van der Waals surface area contributed by atoms with E-state index in [2.05, 4.69) is 0 Å². The Balaban J connectivity index is 2.39. The van der Waals surface area contributed by atoms with Crippen molar-refractivity contribution < 1.29 is 9.18 Å².